The maximum Gasteiger partial charge on any atom is 0.340 e. The maximum absolute atomic E-state index is 13.0. The Morgan fingerprint density at radius 3 is 2.36 bits per heavy atom. The molecule has 0 radical (unpaired) electrons. The van der Waals surface area contributed by atoms with Gasteiger partial charge in [-0.3, -0.25) is 0 Å². The SMILES string of the molecule is COc1cc(OCC(F)(F)C(F)F)c(OC)cc1CCNCC1CC1. The third-order valence-electron chi connectivity index (χ3n) is 4.01. The Kier molecular flexibility index (Phi) is 6.75. The lowest BCUT2D eigenvalue weighted by atomic mass is 10.1. The molecule has 0 atom stereocenters. The molecule has 1 aromatic carbocycles. The molecule has 0 unspecified atom stereocenters. The third kappa shape index (κ3) is 5.66. The van der Waals surface area contributed by atoms with Crippen LogP contribution in [-0.2, 0) is 6.42 Å². The number of nitrogens with one attached hydrogen (secondary N) is 1. The summed E-state index contributed by atoms with van der Waals surface area (Å²) in [5.74, 6) is -2.89. The fourth-order valence-corrected chi connectivity index (χ4v) is 2.33. The molecule has 1 aliphatic carbocycles. The van der Waals surface area contributed by atoms with Crippen molar-refractivity contribution >= 4 is 0 Å². The van der Waals surface area contributed by atoms with Crippen molar-refractivity contribution in [2.75, 3.05) is 33.9 Å². The van der Waals surface area contributed by atoms with Crippen LogP contribution in [0.3, 0.4) is 0 Å². The van der Waals surface area contributed by atoms with Gasteiger partial charge in [0, 0.05) is 6.07 Å². The first kappa shape index (κ1) is 19.6. The molecular weight excluding hydrogens is 342 g/mol. The standard InChI is InChI=1S/C17H23F4NO3/c1-23-13-8-15(25-10-17(20,21)16(18)19)14(24-2)7-12(13)5-6-22-9-11-3-4-11/h7-8,11,16,22H,3-6,9-10H2,1-2H3. The van der Waals surface area contributed by atoms with E-state index in [9.17, 15) is 17.6 Å². The summed E-state index contributed by atoms with van der Waals surface area (Å²) in [5.41, 5.74) is 0.815. The molecule has 0 spiro atoms. The van der Waals surface area contributed by atoms with Crippen molar-refractivity contribution in [3.8, 4) is 17.2 Å². The summed E-state index contributed by atoms with van der Waals surface area (Å²) in [4.78, 5) is 0. The van der Waals surface area contributed by atoms with Crippen molar-refractivity contribution in [1.82, 2.24) is 5.32 Å². The second kappa shape index (κ2) is 8.60. The van der Waals surface area contributed by atoms with E-state index < -0.39 is 19.0 Å². The van der Waals surface area contributed by atoms with Crippen LogP contribution in [-0.4, -0.2) is 46.3 Å². The molecule has 0 heterocycles. The molecule has 8 heteroatoms. The van der Waals surface area contributed by atoms with Crippen LogP contribution in [0.2, 0.25) is 0 Å². The van der Waals surface area contributed by atoms with Gasteiger partial charge in [-0.25, -0.2) is 8.78 Å². The molecule has 25 heavy (non-hydrogen) atoms. The first-order valence-electron chi connectivity index (χ1n) is 8.11. The summed E-state index contributed by atoms with van der Waals surface area (Å²) in [5, 5.41) is 3.35. The molecular formula is C17H23F4NO3. The van der Waals surface area contributed by atoms with Crippen LogP contribution in [0.25, 0.3) is 0 Å². The topological polar surface area (TPSA) is 39.7 Å². The molecule has 1 aromatic rings. The largest absolute Gasteiger partial charge is 0.496 e. The zero-order chi connectivity index (χ0) is 18.4. The Bertz CT molecular complexity index is 565. The van der Waals surface area contributed by atoms with Gasteiger partial charge in [0.2, 0.25) is 0 Å². The van der Waals surface area contributed by atoms with E-state index in [0.29, 0.717) is 12.2 Å². The van der Waals surface area contributed by atoms with Gasteiger partial charge >= 0.3 is 12.3 Å². The summed E-state index contributed by atoms with van der Waals surface area (Å²) < 4.78 is 65.9. The number of methoxy groups -OCH3 is 2. The molecule has 0 aliphatic heterocycles. The van der Waals surface area contributed by atoms with E-state index in [1.165, 1.54) is 33.1 Å². The Morgan fingerprint density at radius 2 is 1.80 bits per heavy atom. The minimum Gasteiger partial charge on any atom is -0.496 e. The van der Waals surface area contributed by atoms with Crippen LogP contribution >= 0.6 is 0 Å². The average Bonchev–Trinajstić information content (AvgIpc) is 3.40. The van der Waals surface area contributed by atoms with Crippen molar-refractivity contribution in [1.29, 1.82) is 0 Å². The van der Waals surface area contributed by atoms with Crippen LogP contribution in [0.5, 0.6) is 17.2 Å². The van der Waals surface area contributed by atoms with E-state index in [1.807, 2.05) is 0 Å². The van der Waals surface area contributed by atoms with Crippen LogP contribution in [0.15, 0.2) is 12.1 Å². The van der Waals surface area contributed by atoms with E-state index in [1.54, 1.807) is 6.07 Å². The number of rotatable bonds is 11. The Hall–Kier alpha value is -1.70. The summed E-state index contributed by atoms with van der Waals surface area (Å²) >= 11 is 0. The van der Waals surface area contributed by atoms with Gasteiger partial charge in [0.15, 0.2) is 18.1 Å². The molecule has 1 saturated carbocycles. The highest BCUT2D eigenvalue weighted by atomic mass is 19.3. The van der Waals surface area contributed by atoms with Gasteiger partial charge < -0.3 is 19.5 Å². The van der Waals surface area contributed by atoms with E-state index in [2.05, 4.69) is 5.32 Å². The summed E-state index contributed by atoms with van der Waals surface area (Å²) in [7, 11) is 2.80. The first-order chi connectivity index (χ1) is 11.9. The van der Waals surface area contributed by atoms with E-state index in [0.717, 1.165) is 24.6 Å². The number of ether oxygens (including phenoxy) is 3. The summed E-state index contributed by atoms with van der Waals surface area (Å²) in [6.45, 7) is 0.273. The molecule has 0 bridgehead atoms. The van der Waals surface area contributed by atoms with Gasteiger partial charge in [0.05, 0.1) is 14.2 Å². The van der Waals surface area contributed by atoms with Crippen LogP contribution in [0.4, 0.5) is 17.6 Å². The molecule has 0 saturated heterocycles. The highest BCUT2D eigenvalue weighted by Gasteiger charge is 2.42. The zero-order valence-corrected chi connectivity index (χ0v) is 14.3. The lowest BCUT2D eigenvalue weighted by Crippen LogP contribution is -2.33. The van der Waals surface area contributed by atoms with Crippen LogP contribution < -0.4 is 19.5 Å². The zero-order valence-electron chi connectivity index (χ0n) is 14.3. The highest BCUT2D eigenvalue weighted by molar-refractivity contribution is 5.51. The highest BCUT2D eigenvalue weighted by Crippen LogP contribution is 2.36. The van der Waals surface area contributed by atoms with Gasteiger partial charge in [0.25, 0.3) is 0 Å². The minimum atomic E-state index is -4.23. The van der Waals surface area contributed by atoms with Crippen molar-refractivity contribution in [2.24, 2.45) is 5.92 Å². The molecule has 1 aliphatic rings. The number of benzene rings is 1. The molecule has 2 rings (SSSR count). The lowest BCUT2D eigenvalue weighted by Gasteiger charge is -2.19. The number of hydrogen-bond acceptors (Lipinski definition) is 4. The van der Waals surface area contributed by atoms with Gasteiger partial charge in [-0.15, -0.1) is 0 Å². The van der Waals surface area contributed by atoms with Crippen molar-refractivity contribution in [3.63, 3.8) is 0 Å². The van der Waals surface area contributed by atoms with Crippen LogP contribution in [0, 0.1) is 5.92 Å². The second-order valence-corrected chi connectivity index (χ2v) is 6.06. The molecule has 0 amide bonds. The first-order valence-corrected chi connectivity index (χ1v) is 8.11. The quantitative estimate of drug-likeness (QED) is 0.481. The number of halogens is 4. The third-order valence-corrected chi connectivity index (χ3v) is 4.01. The van der Waals surface area contributed by atoms with Gasteiger partial charge in [-0.2, -0.15) is 8.78 Å². The predicted molar refractivity (Wildman–Crippen MR) is 85.3 cm³/mol. The average molecular weight is 365 g/mol. The van der Waals surface area contributed by atoms with Gasteiger partial charge in [0.1, 0.15) is 5.75 Å². The minimum absolute atomic E-state index is 0.0608. The Morgan fingerprint density at radius 1 is 1.12 bits per heavy atom. The second-order valence-electron chi connectivity index (χ2n) is 6.06. The molecule has 142 valence electrons. The normalized spacial score (nSPS) is 14.7. The fraction of sp³-hybridized carbons (Fsp3) is 0.647. The fourth-order valence-electron chi connectivity index (χ4n) is 2.33. The summed E-state index contributed by atoms with van der Waals surface area (Å²) in [6.07, 6.45) is -0.615. The molecule has 1 fully saturated rings. The van der Waals surface area contributed by atoms with Crippen molar-refractivity contribution < 1.29 is 31.8 Å². The monoisotopic (exact) mass is 365 g/mol. The van der Waals surface area contributed by atoms with Crippen LogP contribution in [0.1, 0.15) is 18.4 Å². The lowest BCUT2D eigenvalue weighted by molar-refractivity contribution is -0.148. The summed E-state index contributed by atoms with van der Waals surface area (Å²) in [6, 6.07) is 3.00. The molecule has 4 nitrogen and oxygen atoms in total. The van der Waals surface area contributed by atoms with E-state index in [4.69, 9.17) is 14.2 Å². The van der Waals surface area contributed by atoms with E-state index in [-0.39, 0.29) is 11.5 Å². The van der Waals surface area contributed by atoms with Crippen molar-refractivity contribution in [2.45, 2.75) is 31.6 Å². The molecule has 0 aromatic heterocycles. The number of hydrogen-bond donors (Lipinski definition) is 1. The number of alkyl halides is 4. The molecule has 1 N–H and O–H groups in total. The van der Waals surface area contributed by atoms with E-state index >= 15 is 0 Å². The smallest absolute Gasteiger partial charge is 0.340 e. The predicted octanol–water partition coefficient (Wildman–Crippen LogP) is 3.53. The van der Waals surface area contributed by atoms with Gasteiger partial charge in [-0.05, 0) is 49.9 Å². The van der Waals surface area contributed by atoms with Crippen molar-refractivity contribution in [3.05, 3.63) is 17.7 Å². The van der Waals surface area contributed by atoms with Gasteiger partial charge in [-0.1, -0.05) is 0 Å². The Balaban J connectivity index is 2.03. The maximum atomic E-state index is 13.0. The Labute approximate surface area is 144 Å².